The Labute approximate surface area is 112 Å². The number of aryl methyl sites for hydroxylation is 1. The van der Waals surface area contributed by atoms with Crippen LogP contribution in [0.4, 0.5) is 0 Å². The summed E-state index contributed by atoms with van der Waals surface area (Å²) in [5.74, 6) is 1.51. The molecule has 2 rings (SSSR count). The highest BCUT2D eigenvalue weighted by Gasteiger charge is 2.18. The van der Waals surface area contributed by atoms with Gasteiger partial charge < -0.3 is 5.32 Å². The molecule has 0 bridgehead atoms. The Morgan fingerprint density at radius 3 is 2.72 bits per heavy atom. The molecule has 1 heteroatoms. The van der Waals surface area contributed by atoms with Crippen LogP contribution in [0, 0.1) is 11.8 Å². The maximum absolute atomic E-state index is 3.80. The van der Waals surface area contributed by atoms with E-state index in [-0.39, 0.29) is 0 Å². The van der Waals surface area contributed by atoms with E-state index in [9.17, 15) is 0 Å². The van der Waals surface area contributed by atoms with Crippen LogP contribution in [0.3, 0.4) is 0 Å². The molecule has 100 valence electrons. The smallest absolute Gasteiger partial charge is 0.0323 e. The molecule has 1 aromatic rings. The molecule has 0 spiro atoms. The molecule has 1 aliphatic rings. The Balaban J connectivity index is 2.04. The molecule has 0 saturated heterocycles. The summed E-state index contributed by atoms with van der Waals surface area (Å²) in [5, 5.41) is 3.80. The molecule has 2 unspecified atom stereocenters. The second-order valence-electron chi connectivity index (χ2n) is 6.13. The minimum Gasteiger partial charge on any atom is -0.310 e. The van der Waals surface area contributed by atoms with Crippen LogP contribution >= 0.6 is 0 Å². The molecule has 0 heterocycles. The Hall–Kier alpha value is -0.820. The summed E-state index contributed by atoms with van der Waals surface area (Å²) < 4.78 is 0. The van der Waals surface area contributed by atoms with Crippen molar-refractivity contribution in [3.05, 3.63) is 35.4 Å². The van der Waals surface area contributed by atoms with Crippen LogP contribution < -0.4 is 5.32 Å². The molecule has 18 heavy (non-hydrogen) atoms. The fraction of sp³-hybridized carbons (Fsp3) is 0.647. The minimum absolute atomic E-state index is 0.574. The predicted octanol–water partition coefficient (Wildman–Crippen LogP) is 4.34. The third kappa shape index (κ3) is 3.35. The van der Waals surface area contributed by atoms with Crippen molar-refractivity contribution in [1.82, 2.24) is 5.32 Å². The number of fused-ring (bicyclic) bond motifs is 1. The van der Waals surface area contributed by atoms with Gasteiger partial charge in [0.2, 0.25) is 0 Å². The van der Waals surface area contributed by atoms with Crippen LogP contribution in [0.2, 0.25) is 0 Å². The maximum atomic E-state index is 3.80. The Bertz CT molecular complexity index is 370. The van der Waals surface area contributed by atoms with Crippen LogP contribution in [-0.4, -0.2) is 6.54 Å². The lowest BCUT2D eigenvalue weighted by atomic mass is 9.95. The molecule has 0 aliphatic heterocycles. The van der Waals surface area contributed by atoms with Crippen LogP contribution in [0.15, 0.2) is 24.3 Å². The van der Waals surface area contributed by atoms with Crippen molar-refractivity contribution in [3.8, 4) is 0 Å². The summed E-state index contributed by atoms with van der Waals surface area (Å²) in [4.78, 5) is 0. The molecular weight excluding hydrogens is 218 g/mol. The molecule has 0 fully saturated rings. The molecule has 0 aromatic heterocycles. The zero-order valence-electron chi connectivity index (χ0n) is 12.1. The summed E-state index contributed by atoms with van der Waals surface area (Å²) in [5.41, 5.74) is 3.11. The van der Waals surface area contributed by atoms with Crippen molar-refractivity contribution in [2.75, 3.05) is 6.54 Å². The summed E-state index contributed by atoms with van der Waals surface area (Å²) >= 11 is 0. The number of rotatable bonds is 4. The molecule has 1 N–H and O–H groups in total. The van der Waals surface area contributed by atoms with Gasteiger partial charge in [0.1, 0.15) is 0 Å². The quantitative estimate of drug-likeness (QED) is 0.778. The highest BCUT2D eigenvalue weighted by Crippen LogP contribution is 2.28. The highest BCUT2D eigenvalue weighted by molar-refractivity contribution is 5.31. The fourth-order valence-corrected chi connectivity index (χ4v) is 2.70. The molecule has 0 saturated carbocycles. The maximum Gasteiger partial charge on any atom is 0.0323 e. The first kappa shape index (κ1) is 13.6. The van der Waals surface area contributed by atoms with Crippen LogP contribution in [0.1, 0.15) is 57.2 Å². The molecule has 1 nitrogen and oxygen atoms in total. The van der Waals surface area contributed by atoms with Gasteiger partial charge in [-0.25, -0.2) is 0 Å². The van der Waals surface area contributed by atoms with Gasteiger partial charge in [0.25, 0.3) is 0 Å². The first-order valence-corrected chi connectivity index (χ1v) is 7.49. The van der Waals surface area contributed by atoms with Crippen LogP contribution in [-0.2, 0) is 6.42 Å². The summed E-state index contributed by atoms with van der Waals surface area (Å²) in [6.07, 6.45) is 5.24. The Morgan fingerprint density at radius 1 is 1.17 bits per heavy atom. The predicted molar refractivity (Wildman–Crippen MR) is 78.7 cm³/mol. The summed E-state index contributed by atoms with van der Waals surface area (Å²) in [6.45, 7) is 8.11. The van der Waals surface area contributed by atoms with E-state index < -0.39 is 0 Å². The van der Waals surface area contributed by atoms with E-state index in [1.807, 2.05) is 0 Å². The topological polar surface area (TPSA) is 12.0 Å². The van der Waals surface area contributed by atoms with E-state index >= 15 is 0 Å². The summed E-state index contributed by atoms with van der Waals surface area (Å²) in [6, 6.07) is 9.56. The lowest BCUT2D eigenvalue weighted by Crippen LogP contribution is -2.28. The third-order valence-electron chi connectivity index (χ3n) is 4.44. The van der Waals surface area contributed by atoms with E-state index in [0.29, 0.717) is 6.04 Å². The van der Waals surface area contributed by atoms with Crippen molar-refractivity contribution in [3.63, 3.8) is 0 Å². The lowest BCUT2D eigenvalue weighted by molar-refractivity contribution is 0.361. The van der Waals surface area contributed by atoms with E-state index in [2.05, 4.69) is 50.4 Å². The molecule has 1 aliphatic carbocycles. The van der Waals surface area contributed by atoms with Gasteiger partial charge in [-0.05, 0) is 48.8 Å². The number of hydrogen-bond donors (Lipinski definition) is 1. The summed E-state index contributed by atoms with van der Waals surface area (Å²) in [7, 11) is 0. The average Bonchev–Trinajstić information content (AvgIpc) is 2.58. The second-order valence-corrected chi connectivity index (χ2v) is 6.13. The van der Waals surface area contributed by atoms with E-state index in [1.165, 1.54) is 25.7 Å². The number of nitrogens with one attached hydrogen (secondary N) is 1. The zero-order chi connectivity index (χ0) is 13.0. The van der Waals surface area contributed by atoms with Crippen molar-refractivity contribution < 1.29 is 0 Å². The van der Waals surface area contributed by atoms with Gasteiger partial charge in [-0.2, -0.15) is 0 Å². The Kier molecular flexibility index (Phi) is 4.82. The zero-order valence-corrected chi connectivity index (χ0v) is 12.1. The number of benzene rings is 1. The third-order valence-corrected chi connectivity index (χ3v) is 4.44. The van der Waals surface area contributed by atoms with Crippen LogP contribution in [0.25, 0.3) is 0 Å². The van der Waals surface area contributed by atoms with Gasteiger partial charge in [0, 0.05) is 6.04 Å². The average molecular weight is 245 g/mol. The highest BCUT2D eigenvalue weighted by atomic mass is 14.9. The minimum atomic E-state index is 0.574. The SMILES string of the molecule is CC(C)C(C)CNC1CCCCc2ccccc21. The van der Waals surface area contributed by atoms with Gasteiger partial charge in [-0.15, -0.1) is 0 Å². The first-order chi connectivity index (χ1) is 8.68. The van der Waals surface area contributed by atoms with Crippen LogP contribution in [0.5, 0.6) is 0 Å². The fourth-order valence-electron chi connectivity index (χ4n) is 2.70. The van der Waals surface area contributed by atoms with Gasteiger partial charge in [0.05, 0.1) is 0 Å². The van der Waals surface area contributed by atoms with Gasteiger partial charge >= 0.3 is 0 Å². The monoisotopic (exact) mass is 245 g/mol. The van der Waals surface area contributed by atoms with E-state index in [1.54, 1.807) is 11.1 Å². The van der Waals surface area contributed by atoms with Gasteiger partial charge in [-0.1, -0.05) is 51.5 Å². The van der Waals surface area contributed by atoms with Crippen molar-refractivity contribution >= 4 is 0 Å². The molecule has 1 aromatic carbocycles. The second kappa shape index (κ2) is 6.38. The first-order valence-electron chi connectivity index (χ1n) is 7.49. The van der Waals surface area contributed by atoms with Crippen molar-refractivity contribution in [2.45, 2.75) is 52.5 Å². The largest absolute Gasteiger partial charge is 0.310 e. The molecule has 0 radical (unpaired) electrons. The number of hydrogen-bond acceptors (Lipinski definition) is 1. The van der Waals surface area contributed by atoms with Crippen molar-refractivity contribution in [1.29, 1.82) is 0 Å². The molecular formula is C17H27N. The molecule has 0 amide bonds. The molecule has 2 atom stereocenters. The van der Waals surface area contributed by atoms with Crippen molar-refractivity contribution in [2.24, 2.45) is 11.8 Å². The standard InChI is InChI=1S/C17H27N/c1-13(2)14(3)12-18-17-11-7-5-9-15-8-4-6-10-16(15)17/h4,6,8,10,13-14,17-18H,5,7,9,11-12H2,1-3H3. The van der Waals surface area contributed by atoms with Gasteiger partial charge in [-0.3, -0.25) is 0 Å². The van der Waals surface area contributed by atoms with E-state index in [0.717, 1.165) is 18.4 Å². The normalized spacial score (nSPS) is 21.4. The Morgan fingerprint density at radius 2 is 1.94 bits per heavy atom. The van der Waals surface area contributed by atoms with E-state index in [4.69, 9.17) is 0 Å². The van der Waals surface area contributed by atoms with Gasteiger partial charge in [0.15, 0.2) is 0 Å². The lowest BCUT2D eigenvalue weighted by Gasteiger charge is -2.23.